The average molecular weight is 332 g/mol. The first-order valence-corrected chi connectivity index (χ1v) is 8.95. The lowest BCUT2D eigenvalue weighted by Gasteiger charge is -2.10. The molecule has 0 amide bonds. The van der Waals surface area contributed by atoms with E-state index < -0.39 is 0 Å². The second kappa shape index (κ2) is 5.84. The number of hydrogen-bond acceptors (Lipinski definition) is 1. The monoisotopic (exact) mass is 332 g/mol. The van der Waals surface area contributed by atoms with Crippen LogP contribution in [0.15, 0.2) is 66.2 Å². The molecule has 0 atom stereocenters. The first-order chi connectivity index (χ1) is 11.7. The van der Waals surface area contributed by atoms with Crippen molar-refractivity contribution in [3.05, 3.63) is 77.4 Å². The van der Waals surface area contributed by atoms with E-state index >= 15 is 0 Å². The van der Waals surface area contributed by atoms with Gasteiger partial charge in [0.05, 0.1) is 10.9 Å². The van der Waals surface area contributed by atoms with Crippen molar-refractivity contribution in [3.8, 4) is 16.9 Å². The second-order valence-corrected chi connectivity index (χ2v) is 7.15. The lowest BCUT2D eigenvalue weighted by molar-refractivity contribution is -0.603. The van der Waals surface area contributed by atoms with Crippen molar-refractivity contribution in [2.75, 3.05) is 0 Å². The van der Waals surface area contributed by atoms with E-state index in [1.807, 2.05) is 0 Å². The molecule has 4 aromatic rings. The number of fused-ring (bicyclic) bond motifs is 1. The van der Waals surface area contributed by atoms with Crippen molar-refractivity contribution < 1.29 is 8.52 Å². The summed E-state index contributed by atoms with van der Waals surface area (Å²) in [6, 6.07) is 19.5. The zero-order chi connectivity index (χ0) is 16.7. The molecule has 2 aromatic carbocycles. The molecule has 0 spiro atoms. The van der Waals surface area contributed by atoms with Crippen LogP contribution in [-0.2, 0) is 7.05 Å². The van der Waals surface area contributed by atoms with Crippen LogP contribution in [0, 0.1) is 13.8 Å². The molecule has 24 heavy (non-hydrogen) atoms. The molecule has 118 valence electrons. The standard InChI is InChI=1S/C21H20N2S/c1-15-8-6-7-12-23(15)20-14-17-9-4-5-10-18(17)21(16(20)2)19-11-13-24-22(19)3/h4-14H,1-3H3/q+2. The van der Waals surface area contributed by atoms with Gasteiger partial charge in [0, 0.05) is 36.8 Å². The number of hydrogen-bond donors (Lipinski definition) is 0. The highest BCUT2D eigenvalue weighted by Crippen LogP contribution is 2.33. The second-order valence-electron chi connectivity index (χ2n) is 6.12. The summed E-state index contributed by atoms with van der Waals surface area (Å²) in [6.45, 7) is 4.38. The summed E-state index contributed by atoms with van der Waals surface area (Å²) < 4.78 is 4.51. The Kier molecular flexibility index (Phi) is 3.66. The third-order valence-electron chi connectivity index (χ3n) is 4.65. The van der Waals surface area contributed by atoms with E-state index in [4.69, 9.17) is 0 Å². The fourth-order valence-corrected chi connectivity index (χ4v) is 4.04. The molecule has 3 heteroatoms. The molecule has 0 saturated carbocycles. The highest BCUT2D eigenvalue weighted by Gasteiger charge is 2.24. The number of benzene rings is 2. The molecule has 0 radical (unpaired) electrons. The van der Waals surface area contributed by atoms with E-state index in [1.54, 1.807) is 11.5 Å². The molecule has 0 aliphatic carbocycles. The lowest BCUT2D eigenvalue weighted by Crippen LogP contribution is -2.35. The fourth-order valence-electron chi connectivity index (χ4n) is 3.40. The average Bonchev–Trinajstić information content (AvgIpc) is 3.01. The first kappa shape index (κ1) is 15.0. The van der Waals surface area contributed by atoms with Crippen molar-refractivity contribution in [1.29, 1.82) is 0 Å². The Morgan fingerprint density at radius 1 is 0.917 bits per heavy atom. The summed E-state index contributed by atoms with van der Waals surface area (Å²) in [5, 5.41) is 4.73. The Morgan fingerprint density at radius 3 is 2.46 bits per heavy atom. The summed E-state index contributed by atoms with van der Waals surface area (Å²) >= 11 is 1.73. The largest absolute Gasteiger partial charge is 0.227 e. The molecule has 0 aliphatic heterocycles. The van der Waals surface area contributed by atoms with Crippen LogP contribution in [0.5, 0.6) is 0 Å². The van der Waals surface area contributed by atoms with Crippen LogP contribution in [0.2, 0.25) is 0 Å². The topological polar surface area (TPSA) is 7.76 Å². The summed E-state index contributed by atoms with van der Waals surface area (Å²) in [5.41, 5.74) is 6.37. The minimum atomic E-state index is 1.23. The quantitative estimate of drug-likeness (QED) is 0.484. The van der Waals surface area contributed by atoms with Crippen LogP contribution in [0.1, 0.15) is 11.3 Å². The number of pyridine rings is 1. The van der Waals surface area contributed by atoms with Gasteiger partial charge in [-0.25, -0.2) is 0 Å². The molecule has 0 N–H and O–H groups in total. The van der Waals surface area contributed by atoms with Crippen molar-refractivity contribution in [2.45, 2.75) is 13.8 Å². The number of nitrogens with zero attached hydrogens (tertiary/aromatic N) is 2. The van der Waals surface area contributed by atoms with E-state index in [9.17, 15) is 0 Å². The zero-order valence-electron chi connectivity index (χ0n) is 14.2. The van der Waals surface area contributed by atoms with Crippen molar-refractivity contribution in [1.82, 2.24) is 0 Å². The van der Waals surface area contributed by atoms with Crippen LogP contribution in [0.25, 0.3) is 27.7 Å². The van der Waals surface area contributed by atoms with Crippen LogP contribution in [-0.4, -0.2) is 0 Å². The van der Waals surface area contributed by atoms with Gasteiger partial charge < -0.3 is 0 Å². The predicted molar refractivity (Wildman–Crippen MR) is 99.4 cm³/mol. The molecule has 0 aliphatic rings. The Balaban J connectivity index is 2.13. The van der Waals surface area contributed by atoms with E-state index in [2.05, 4.69) is 95.6 Å². The van der Waals surface area contributed by atoms with Crippen LogP contribution in [0.4, 0.5) is 0 Å². The van der Waals surface area contributed by atoms with Gasteiger partial charge in [0.15, 0.2) is 18.9 Å². The van der Waals surface area contributed by atoms with Crippen molar-refractivity contribution in [3.63, 3.8) is 0 Å². The normalized spacial score (nSPS) is 11.1. The maximum Gasteiger partial charge on any atom is 0.227 e. The number of rotatable bonds is 2. The molecule has 0 saturated heterocycles. The van der Waals surface area contributed by atoms with Gasteiger partial charge >= 0.3 is 0 Å². The van der Waals surface area contributed by atoms with E-state index in [1.165, 1.54) is 39.0 Å². The van der Waals surface area contributed by atoms with Gasteiger partial charge in [0.1, 0.15) is 11.5 Å². The maximum absolute atomic E-state index is 2.30. The van der Waals surface area contributed by atoms with Crippen molar-refractivity contribution in [2.24, 2.45) is 7.05 Å². The highest BCUT2D eigenvalue weighted by molar-refractivity contribution is 6.99. The third-order valence-corrected chi connectivity index (χ3v) is 5.42. The first-order valence-electron chi connectivity index (χ1n) is 8.11. The SMILES string of the molecule is Cc1c(-[n+]2ccccc2C)cc2ccccc2c1-c1ccs[n+]1C. The minimum absolute atomic E-state index is 1.23. The summed E-state index contributed by atoms with van der Waals surface area (Å²) in [6.07, 6.45) is 2.14. The van der Waals surface area contributed by atoms with Gasteiger partial charge in [-0.3, -0.25) is 0 Å². The molecule has 0 fully saturated rings. The van der Waals surface area contributed by atoms with Gasteiger partial charge in [-0.2, -0.15) is 4.57 Å². The van der Waals surface area contributed by atoms with Crippen molar-refractivity contribution >= 4 is 22.3 Å². The third kappa shape index (κ3) is 2.33. The summed E-state index contributed by atoms with van der Waals surface area (Å²) in [7, 11) is 2.13. The van der Waals surface area contributed by atoms with E-state index in [0.29, 0.717) is 0 Å². The molecule has 2 nitrogen and oxygen atoms in total. The van der Waals surface area contributed by atoms with Gasteiger partial charge in [0.25, 0.3) is 0 Å². The Bertz CT molecular complexity index is 1050. The Hall–Kier alpha value is -2.52. The molecule has 0 bridgehead atoms. The molecular weight excluding hydrogens is 312 g/mol. The smallest absolute Gasteiger partial charge is 0.164 e. The van der Waals surface area contributed by atoms with E-state index in [0.717, 1.165) is 0 Å². The Labute approximate surface area is 146 Å². The molecule has 2 aromatic heterocycles. The van der Waals surface area contributed by atoms with Crippen LogP contribution >= 0.6 is 11.5 Å². The minimum Gasteiger partial charge on any atom is -0.164 e. The highest BCUT2D eigenvalue weighted by atomic mass is 32.1. The van der Waals surface area contributed by atoms with Gasteiger partial charge in [-0.15, -0.1) is 3.96 Å². The van der Waals surface area contributed by atoms with Crippen LogP contribution < -0.4 is 8.52 Å². The van der Waals surface area contributed by atoms with Gasteiger partial charge in [-0.05, 0) is 17.7 Å². The zero-order valence-corrected chi connectivity index (χ0v) is 15.0. The lowest BCUT2D eigenvalue weighted by atomic mass is 9.95. The number of aromatic nitrogens is 2. The molecule has 4 rings (SSSR count). The predicted octanol–water partition coefficient (Wildman–Crippen LogP) is 4.29. The van der Waals surface area contributed by atoms with Gasteiger partial charge in [0.2, 0.25) is 11.4 Å². The molecule has 2 heterocycles. The van der Waals surface area contributed by atoms with Gasteiger partial charge in [-0.1, -0.05) is 30.3 Å². The van der Waals surface area contributed by atoms with E-state index in [-0.39, 0.29) is 0 Å². The molecule has 0 unspecified atom stereocenters. The Morgan fingerprint density at radius 2 is 1.71 bits per heavy atom. The molecular formula is C21H20N2S+2. The van der Waals surface area contributed by atoms with Crippen LogP contribution in [0.3, 0.4) is 0 Å². The fraction of sp³-hybridized carbons (Fsp3) is 0.143. The summed E-state index contributed by atoms with van der Waals surface area (Å²) in [5.74, 6) is 0. The number of aryl methyl sites for hydroxylation is 2. The maximum atomic E-state index is 2.30. The summed E-state index contributed by atoms with van der Waals surface area (Å²) in [4.78, 5) is 0.